The molecule has 4 nitrogen and oxygen atoms in total. The van der Waals surface area contributed by atoms with Gasteiger partial charge in [-0.1, -0.05) is 23.7 Å². The number of imidazole rings is 1. The average molecular weight is 291 g/mol. The number of aryl methyl sites for hydroxylation is 1. The maximum absolute atomic E-state index is 11.1. The number of carbonyl (C=O) groups is 1. The topological polar surface area (TPSA) is 66.0 Å². The second-order valence-electron chi connectivity index (χ2n) is 5.19. The van der Waals surface area contributed by atoms with Crippen molar-refractivity contribution in [2.75, 3.05) is 0 Å². The number of benzene rings is 1. The van der Waals surface area contributed by atoms with E-state index in [1.807, 2.05) is 24.3 Å². The smallest absolute Gasteiger partial charge is 0.306 e. The van der Waals surface area contributed by atoms with Crippen molar-refractivity contribution < 1.29 is 9.90 Å². The number of aromatic nitrogens is 2. The molecule has 0 saturated heterocycles. The first kappa shape index (κ1) is 13.2. The van der Waals surface area contributed by atoms with Crippen LogP contribution in [0, 0.1) is 5.92 Å². The van der Waals surface area contributed by atoms with Gasteiger partial charge in [0.15, 0.2) is 0 Å². The number of fused-ring (bicyclic) bond motifs is 1. The van der Waals surface area contributed by atoms with Crippen LogP contribution in [0.1, 0.15) is 29.2 Å². The summed E-state index contributed by atoms with van der Waals surface area (Å²) in [6, 6.07) is 7.69. The zero-order valence-corrected chi connectivity index (χ0v) is 11.7. The number of halogens is 1. The van der Waals surface area contributed by atoms with Crippen LogP contribution in [-0.4, -0.2) is 21.0 Å². The van der Waals surface area contributed by atoms with Crippen molar-refractivity contribution in [1.82, 2.24) is 9.97 Å². The molecule has 1 aromatic carbocycles. The predicted molar refractivity (Wildman–Crippen MR) is 76.0 cm³/mol. The Morgan fingerprint density at radius 3 is 3.10 bits per heavy atom. The lowest BCUT2D eigenvalue weighted by molar-refractivity contribution is -0.142. The Kier molecular flexibility index (Phi) is 3.49. The summed E-state index contributed by atoms with van der Waals surface area (Å²) < 4.78 is 0. The van der Waals surface area contributed by atoms with Gasteiger partial charge in [0.2, 0.25) is 0 Å². The van der Waals surface area contributed by atoms with Gasteiger partial charge in [-0.3, -0.25) is 4.79 Å². The summed E-state index contributed by atoms with van der Waals surface area (Å²) in [5, 5.41) is 9.80. The Morgan fingerprint density at radius 1 is 1.50 bits per heavy atom. The van der Waals surface area contributed by atoms with Crippen LogP contribution in [0.2, 0.25) is 5.02 Å². The second kappa shape index (κ2) is 5.29. The molecule has 0 saturated carbocycles. The summed E-state index contributed by atoms with van der Waals surface area (Å²) in [6.07, 6.45) is 2.64. The van der Waals surface area contributed by atoms with Gasteiger partial charge >= 0.3 is 5.97 Å². The van der Waals surface area contributed by atoms with E-state index in [-0.39, 0.29) is 5.92 Å². The van der Waals surface area contributed by atoms with Crippen molar-refractivity contribution in [1.29, 1.82) is 0 Å². The number of carboxylic acid groups (broad SMARTS) is 1. The monoisotopic (exact) mass is 290 g/mol. The summed E-state index contributed by atoms with van der Waals surface area (Å²) >= 11 is 5.97. The van der Waals surface area contributed by atoms with E-state index in [9.17, 15) is 4.79 Å². The lowest BCUT2D eigenvalue weighted by Crippen LogP contribution is -2.22. The van der Waals surface area contributed by atoms with E-state index in [4.69, 9.17) is 16.7 Å². The number of H-pyrrole nitrogens is 1. The number of aliphatic carboxylic acids is 1. The van der Waals surface area contributed by atoms with Crippen molar-refractivity contribution in [3.63, 3.8) is 0 Å². The Balaban J connectivity index is 1.79. The minimum absolute atomic E-state index is 0.290. The van der Waals surface area contributed by atoms with Gasteiger partial charge in [0.1, 0.15) is 5.82 Å². The molecule has 0 radical (unpaired) electrons. The van der Waals surface area contributed by atoms with E-state index >= 15 is 0 Å². The van der Waals surface area contributed by atoms with Crippen LogP contribution in [0.3, 0.4) is 0 Å². The third-order valence-electron chi connectivity index (χ3n) is 3.70. The van der Waals surface area contributed by atoms with E-state index in [2.05, 4.69) is 9.97 Å². The molecule has 0 aliphatic heterocycles. The molecule has 1 atom stereocenters. The maximum Gasteiger partial charge on any atom is 0.306 e. The third kappa shape index (κ3) is 2.70. The van der Waals surface area contributed by atoms with Gasteiger partial charge in [0, 0.05) is 23.6 Å². The first-order valence-electron chi connectivity index (χ1n) is 6.65. The molecule has 1 unspecified atom stereocenters. The van der Waals surface area contributed by atoms with Gasteiger partial charge in [0.05, 0.1) is 11.6 Å². The number of nitrogens with zero attached hydrogens (tertiary/aromatic N) is 1. The molecule has 0 fully saturated rings. The van der Waals surface area contributed by atoms with Gasteiger partial charge in [-0.15, -0.1) is 0 Å². The van der Waals surface area contributed by atoms with Crippen molar-refractivity contribution in [2.24, 2.45) is 5.92 Å². The van der Waals surface area contributed by atoms with Crippen molar-refractivity contribution in [3.05, 3.63) is 52.1 Å². The maximum atomic E-state index is 11.1. The van der Waals surface area contributed by atoms with Gasteiger partial charge in [-0.05, 0) is 30.5 Å². The molecule has 2 N–H and O–H groups in total. The number of carboxylic acids is 1. The molecule has 1 aliphatic rings. The van der Waals surface area contributed by atoms with Crippen LogP contribution in [0.25, 0.3) is 0 Å². The number of nitrogens with one attached hydrogen (secondary N) is 1. The van der Waals surface area contributed by atoms with Crippen LogP contribution in [0.4, 0.5) is 0 Å². The summed E-state index contributed by atoms with van der Waals surface area (Å²) in [5.74, 6) is -0.132. The SMILES string of the molecule is O=C(O)C1CCc2nc(Cc3cccc(Cl)c3)[nH]c2C1. The average Bonchev–Trinajstić information content (AvgIpc) is 2.79. The Morgan fingerprint density at radius 2 is 2.35 bits per heavy atom. The lowest BCUT2D eigenvalue weighted by Gasteiger charge is -2.16. The highest BCUT2D eigenvalue weighted by Crippen LogP contribution is 2.25. The molecule has 1 aliphatic carbocycles. The van der Waals surface area contributed by atoms with Gasteiger partial charge in [-0.2, -0.15) is 0 Å². The summed E-state index contributed by atoms with van der Waals surface area (Å²) in [5.41, 5.74) is 3.08. The number of aromatic amines is 1. The molecule has 3 rings (SSSR count). The number of hydrogen-bond acceptors (Lipinski definition) is 2. The molecule has 5 heteroatoms. The summed E-state index contributed by atoms with van der Waals surface area (Å²) in [7, 11) is 0. The van der Waals surface area contributed by atoms with Crippen LogP contribution in [0.15, 0.2) is 24.3 Å². The lowest BCUT2D eigenvalue weighted by atomic mass is 9.90. The second-order valence-corrected chi connectivity index (χ2v) is 5.63. The standard InChI is InChI=1S/C15H15ClN2O2/c16-11-3-1-2-9(6-11)7-14-17-12-5-4-10(15(19)20)8-13(12)18-14/h1-3,6,10H,4-5,7-8H2,(H,17,18)(H,19,20). The zero-order valence-electron chi connectivity index (χ0n) is 10.9. The predicted octanol–water partition coefficient (Wildman–Crippen LogP) is 2.84. The Hall–Kier alpha value is -1.81. The van der Waals surface area contributed by atoms with Crippen molar-refractivity contribution in [3.8, 4) is 0 Å². The number of rotatable bonds is 3. The Labute approximate surface area is 121 Å². The molecule has 20 heavy (non-hydrogen) atoms. The largest absolute Gasteiger partial charge is 0.481 e. The molecule has 1 aromatic heterocycles. The third-order valence-corrected chi connectivity index (χ3v) is 3.94. The van der Waals surface area contributed by atoms with Crippen molar-refractivity contribution in [2.45, 2.75) is 25.7 Å². The highest BCUT2D eigenvalue weighted by Gasteiger charge is 2.26. The minimum Gasteiger partial charge on any atom is -0.481 e. The van der Waals surface area contributed by atoms with Crippen LogP contribution >= 0.6 is 11.6 Å². The van der Waals surface area contributed by atoms with E-state index in [1.54, 1.807) is 0 Å². The quantitative estimate of drug-likeness (QED) is 0.913. The molecule has 0 bridgehead atoms. The fourth-order valence-electron chi connectivity index (χ4n) is 2.67. The number of hydrogen-bond donors (Lipinski definition) is 2. The molecule has 0 amide bonds. The molecule has 2 aromatic rings. The van der Waals surface area contributed by atoms with Crippen LogP contribution < -0.4 is 0 Å². The highest BCUT2D eigenvalue weighted by molar-refractivity contribution is 6.30. The van der Waals surface area contributed by atoms with E-state index < -0.39 is 5.97 Å². The van der Waals surface area contributed by atoms with Gasteiger partial charge < -0.3 is 10.1 Å². The Bertz CT molecular complexity index is 651. The van der Waals surface area contributed by atoms with E-state index in [0.29, 0.717) is 24.3 Å². The van der Waals surface area contributed by atoms with E-state index in [1.165, 1.54) is 0 Å². The normalized spacial score (nSPS) is 17.8. The van der Waals surface area contributed by atoms with Crippen LogP contribution in [-0.2, 0) is 24.1 Å². The van der Waals surface area contributed by atoms with Crippen molar-refractivity contribution >= 4 is 17.6 Å². The van der Waals surface area contributed by atoms with E-state index in [0.717, 1.165) is 29.2 Å². The first-order chi connectivity index (χ1) is 9.61. The highest BCUT2D eigenvalue weighted by atomic mass is 35.5. The summed E-state index contributed by atoms with van der Waals surface area (Å²) in [6.45, 7) is 0. The first-order valence-corrected chi connectivity index (χ1v) is 7.03. The summed E-state index contributed by atoms with van der Waals surface area (Å²) in [4.78, 5) is 18.9. The van der Waals surface area contributed by atoms with Crippen LogP contribution in [0.5, 0.6) is 0 Å². The molecular formula is C15H15ClN2O2. The minimum atomic E-state index is -0.721. The fraction of sp³-hybridized carbons (Fsp3) is 0.333. The molecule has 0 spiro atoms. The fourth-order valence-corrected chi connectivity index (χ4v) is 2.89. The molecule has 104 valence electrons. The molecular weight excluding hydrogens is 276 g/mol. The van der Waals surface area contributed by atoms with Gasteiger partial charge in [0.25, 0.3) is 0 Å². The zero-order chi connectivity index (χ0) is 14.1. The van der Waals surface area contributed by atoms with Gasteiger partial charge in [-0.25, -0.2) is 4.98 Å². The molecule has 1 heterocycles.